The van der Waals surface area contributed by atoms with E-state index in [-0.39, 0.29) is 25.4 Å². The first-order chi connectivity index (χ1) is 20.5. The third-order valence-corrected chi connectivity index (χ3v) is 9.66. The van der Waals surface area contributed by atoms with E-state index < -0.39 is 23.6 Å². The van der Waals surface area contributed by atoms with Crippen molar-refractivity contribution in [2.24, 2.45) is 0 Å². The molecule has 4 aromatic rings. The molecule has 7 rings (SSSR count). The fourth-order valence-corrected chi connectivity index (χ4v) is 7.29. The molecule has 10 nitrogen and oxygen atoms in total. The number of nitrogens with one attached hydrogen (secondary N) is 2. The van der Waals surface area contributed by atoms with Gasteiger partial charge in [-0.25, -0.2) is 0 Å². The summed E-state index contributed by atoms with van der Waals surface area (Å²) in [6.45, 7) is 0.943. The number of para-hydroxylation sites is 1. The molecule has 2 aromatic carbocycles. The lowest BCUT2D eigenvalue weighted by Crippen LogP contribution is -2.49. The van der Waals surface area contributed by atoms with Gasteiger partial charge in [0, 0.05) is 39.3 Å². The van der Waals surface area contributed by atoms with Gasteiger partial charge in [-0.05, 0) is 42.5 Å². The van der Waals surface area contributed by atoms with Gasteiger partial charge in [0.15, 0.2) is 5.79 Å². The third kappa shape index (κ3) is 5.22. The molecule has 214 valence electrons. The Kier molecular flexibility index (Phi) is 7.06. The zero-order chi connectivity index (χ0) is 28.7. The molecule has 0 bridgehead atoms. The maximum Gasteiger partial charge on any atom is 0.251 e. The molecule has 0 radical (unpaired) electrons. The summed E-state index contributed by atoms with van der Waals surface area (Å²) < 4.78 is 18.7. The van der Waals surface area contributed by atoms with E-state index in [1.807, 2.05) is 42.5 Å². The first-order valence-corrected chi connectivity index (χ1v) is 15.1. The summed E-state index contributed by atoms with van der Waals surface area (Å²) in [5.41, 5.74) is 0.370. The number of likely N-dealkylation sites (tertiary alicyclic amines) is 1. The number of pyridine rings is 1. The second-order valence-corrected chi connectivity index (χ2v) is 12.4. The number of benzene rings is 2. The zero-order valence-corrected chi connectivity index (χ0v) is 24.0. The SMILES string of the molecule is O=C(NCC(=O)N1CC2(CC1C(=O)NCc1cc3cnccc3s1)OCCO2)c1ccc2c(c1)Oc1ccccc1S2. The predicted molar refractivity (Wildman–Crippen MR) is 156 cm³/mol. The van der Waals surface area contributed by atoms with E-state index in [0.29, 0.717) is 31.1 Å². The first kappa shape index (κ1) is 26.9. The minimum atomic E-state index is -1.02. The number of amides is 3. The number of thiophene rings is 1. The van der Waals surface area contributed by atoms with Gasteiger partial charge in [-0.15, -0.1) is 11.3 Å². The molecule has 2 saturated heterocycles. The van der Waals surface area contributed by atoms with Crippen LogP contribution in [0.1, 0.15) is 21.7 Å². The number of carbonyl (C=O) groups is 3. The van der Waals surface area contributed by atoms with Crippen LogP contribution in [0.4, 0.5) is 0 Å². The van der Waals surface area contributed by atoms with E-state index >= 15 is 0 Å². The summed E-state index contributed by atoms with van der Waals surface area (Å²) in [7, 11) is 0. The molecule has 12 heteroatoms. The quantitative estimate of drug-likeness (QED) is 0.300. The maximum absolute atomic E-state index is 13.4. The molecule has 1 unspecified atom stereocenters. The van der Waals surface area contributed by atoms with Crippen LogP contribution in [0.25, 0.3) is 10.1 Å². The van der Waals surface area contributed by atoms with Crippen LogP contribution in [-0.2, 0) is 25.6 Å². The van der Waals surface area contributed by atoms with Crippen molar-refractivity contribution in [1.29, 1.82) is 0 Å². The molecule has 3 aliphatic rings. The summed E-state index contributed by atoms with van der Waals surface area (Å²) >= 11 is 3.15. The lowest BCUT2D eigenvalue weighted by molar-refractivity contribution is -0.152. The maximum atomic E-state index is 13.4. The van der Waals surface area contributed by atoms with Crippen LogP contribution in [0.3, 0.4) is 0 Å². The van der Waals surface area contributed by atoms with Crippen LogP contribution in [0, 0.1) is 0 Å². The fourth-order valence-electron chi connectivity index (χ4n) is 5.39. The van der Waals surface area contributed by atoms with Gasteiger partial charge in [0.25, 0.3) is 5.91 Å². The van der Waals surface area contributed by atoms with E-state index in [4.69, 9.17) is 14.2 Å². The molecule has 3 aliphatic heterocycles. The van der Waals surface area contributed by atoms with Gasteiger partial charge in [-0.3, -0.25) is 19.4 Å². The first-order valence-electron chi connectivity index (χ1n) is 13.5. The van der Waals surface area contributed by atoms with Crippen molar-refractivity contribution in [1.82, 2.24) is 20.5 Å². The Hall–Kier alpha value is -3.97. The van der Waals surface area contributed by atoms with Crippen molar-refractivity contribution >= 4 is 50.9 Å². The number of carbonyl (C=O) groups excluding carboxylic acids is 3. The number of rotatable bonds is 6. The molecule has 2 fully saturated rings. The van der Waals surface area contributed by atoms with E-state index in [0.717, 1.165) is 30.5 Å². The third-order valence-electron chi connectivity index (χ3n) is 7.43. The van der Waals surface area contributed by atoms with Gasteiger partial charge in [-0.2, -0.15) is 0 Å². The molecule has 1 spiro atoms. The topological polar surface area (TPSA) is 119 Å². The largest absolute Gasteiger partial charge is 0.455 e. The highest BCUT2D eigenvalue weighted by molar-refractivity contribution is 7.99. The number of hydrogen-bond acceptors (Lipinski definition) is 9. The molecule has 2 N–H and O–H groups in total. The summed E-state index contributed by atoms with van der Waals surface area (Å²) in [5, 5.41) is 6.68. The Morgan fingerprint density at radius 1 is 1.00 bits per heavy atom. The predicted octanol–water partition coefficient (Wildman–Crippen LogP) is 3.94. The van der Waals surface area contributed by atoms with Crippen LogP contribution in [-0.4, -0.2) is 65.7 Å². The number of hydrogen-bond donors (Lipinski definition) is 2. The van der Waals surface area contributed by atoms with Crippen LogP contribution in [0.15, 0.2) is 76.8 Å². The van der Waals surface area contributed by atoms with E-state index in [9.17, 15) is 14.4 Å². The molecule has 1 atom stereocenters. The average Bonchev–Trinajstić information content (AvgIpc) is 3.75. The van der Waals surface area contributed by atoms with Gasteiger partial charge in [-0.1, -0.05) is 23.9 Å². The Morgan fingerprint density at radius 2 is 1.83 bits per heavy atom. The summed E-state index contributed by atoms with van der Waals surface area (Å²) in [6.07, 6.45) is 3.74. The van der Waals surface area contributed by atoms with Gasteiger partial charge in [0.05, 0.1) is 42.6 Å². The van der Waals surface area contributed by atoms with E-state index in [1.54, 1.807) is 47.6 Å². The summed E-state index contributed by atoms with van der Waals surface area (Å²) in [4.78, 5) is 48.2. The van der Waals surface area contributed by atoms with Crippen molar-refractivity contribution in [2.45, 2.75) is 34.6 Å². The van der Waals surface area contributed by atoms with Crippen molar-refractivity contribution in [3.8, 4) is 11.5 Å². The Morgan fingerprint density at radius 3 is 2.69 bits per heavy atom. The monoisotopic (exact) mass is 602 g/mol. The van der Waals surface area contributed by atoms with Gasteiger partial charge >= 0.3 is 0 Å². The van der Waals surface area contributed by atoms with Gasteiger partial charge < -0.3 is 29.7 Å². The van der Waals surface area contributed by atoms with Crippen LogP contribution in [0.5, 0.6) is 11.5 Å². The Labute approximate surface area is 249 Å². The fraction of sp³-hybridized carbons (Fsp3) is 0.267. The molecule has 0 aliphatic carbocycles. The summed E-state index contributed by atoms with van der Waals surface area (Å²) in [6, 6.07) is 16.0. The van der Waals surface area contributed by atoms with E-state index in [1.165, 1.54) is 4.90 Å². The minimum Gasteiger partial charge on any atom is -0.455 e. The highest BCUT2D eigenvalue weighted by atomic mass is 32.2. The van der Waals surface area contributed by atoms with E-state index in [2.05, 4.69) is 15.6 Å². The van der Waals surface area contributed by atoms with Crippen molar-refractivity contribution in [3.63, 3.8) is 0 Å². The van der Waals surface area contributed by atoms with Crippen molar-refractivity contribution in [2.75, 3.05) is 26.3 Å². The minimum absolute atomic E-state index is 0.109. The zero-order valence-electron chi connectivity index (χ0n) is 22.3. The molecule has 2 aromatic heterocycles. The number of nitrogens with zero attached hydrogens (tertiary/aromatic N) is 2. The van der Waals surface area contributed by atoms with Gasteiger partial charge in [0.1, 0.15) is 17.5 Å². The molecular formula is C30H26N4O6S2. The van der Waals surface area contributed by atoms with Crippen molar-refractivity contribution < 1.29 is 28.6 Å². The number of aromatic nitrogens is 1. The van der Waals surface area contributed by atoms with Crippen LogP contribution >= 0.6 is 23.1 Å². The smallest absolute Gasteiger partial charge is 0.251 e. The highest BCUT2D eigenvalue weighted by Crippen LogP contribution is 2.47. The van der Waals surface area contributed by atoms with Crippen molar-refractivity contribution in [3.05, 3.63) is 77.4 Å². The second-order valence-electron chi connectivity index (χ2n) is 10.2. The Balaban J connectivity index is 1.01. The number of fused-ring (bicyclic) bond motifs is 3. The second kappa shape index (κ2) is 11.0. The standard InChI is InChI=1S/C30H26N4O6S2/c35-27(16-33-28(36)18-5-6-26-23(12-18)40-22-3-1-2-4-25(22)42-26)34-17-30(38-9-10-39-30)13-21(34)29(37)32-15-20-11-19-14-31-8-7-24(19)41-20/h1-8,11-12,14,21H,9-10,13,15-17H2,(H,32,37)(H,33,36). The summed E-state index contributed by atoms with van der Waals surface area (Å²) in [5.74, 6) is -0.815. The van der Waals surface area contributed by atoms with Gasteiger partial charge in [0.2, 0.25) is 11.8 Å². The molecule has 42 heavy (non-hydrogen) atoms. The number of ether oxygens (including phenoxy) is 3. The molecular weight excluding hydrogens is 576 g/mol. The van der Waals surface area contributed by atoms with Crippen LogP contribution < -0.4 is 15.4 Å². The lowest BCUT2D eigenvalue weighted by Gasteiger charge is -2.24. The Bertz CT molecular complexity index is 1670. The van der Waals surface area contributed by atoms with Crippen LogP contribution in [0.2, 0.25) is 0 Å². The highest BCUT2D eigenvalue weighted by Gasteiger charge is 2.52. The normalized spacial score (nSPS) is 18.4. The lowest BCUT2D eigenvalue weighted by atomic mass is 10.1. The molecule has 5 heterocycles. The average molecular weight is 603 g/mol. The molecule has 0 saturated carbocycles. The molecule has 3 amide bonds.